The fourth-order valence-electron chi connectivity index (χ4n) is 3.19. The molecule has 0 saturated heterocycles. The minimum atomic E-state index is 0.306. The first-order chi connectivity index (χ1) is 9.17. The molecule has 0 heterocycles. The molecule has 0 bridgehead atoms. The summed E-state index contributed by atoms with van der Waals surface area (Å²) in [6.45, 7) is 7.47. The Morgan fingerprint density at radius 1 is 1.26 bits per heavy atom. The van der Waals surface area contributed by atoms with Crippen LogP contribution in [0.25, 0.3) is 0 Å². The van der Waals surface area contributed by atoms with Crippen molar-refractivity contribution in [1.82, 2.24) is 5.32 Å². The second kappa shape index (κ2) is 5.26. The SMILES string of the molecule is CC1(C)Cc2ccccc2C1NCCOCC1CC1. The summed E-state index contributed by atoms with van der Waals surface area (Å²) in [6.07, 6.45) is 3.91. The molecule has 1 unspecified atom stereocenters. The van der Waals surface area contributed by atoms with E-state index < -0.39 is 0 Å². The van der Waals surface area contributed by atoms with Gasteiger partial charge >= 0.3 is 0 Å². The number of nitrogens with one attached hydrogen (secondary N) is 1. The van der Waals surface area contributed by atoms with Crippen molar-refractivity contribution in [3.63, 3.8) is 0 Å². The fraction of sp³-hybridized carbons (Fsp3) is 0.647. The Balaban J connectivity index is 1.53. The van der Waals surface area contributed by atoms with Crippen LogP contribution in [0.15, 0.2) is 24.3 Å². The Labute approximate surface area is 116 Å². The number of hydrogen-bond acceptors (Lipinski definition) is 2. The molecule has 1 fully saturated rings. The van der Waals surface area contributed by atoms with E-state index >= 15 is 0 Å². The predicted octanol–water partition coefficient (Wildman–Crippen LogP) is 3.33. The quantitative estimate of drug-likeness (QED) is 0.791. The Bertz CT molecular complexity index is 437. The van der Waals surface area contributed by atoms with E-state index in [4.69, 9.17) is 4.74 Å². The van der Waals surface area contributed by atoms with Crippen molar-refractivity contribution >= 4 is 0 Å². The summed E-state index contributed by atoms with van der Waals surface area (Å²) >= 11 is 0. The normalized spacial score (nSPS) is 24.4. The highest BCUT2D eigenvalue weighted by Gasteiger charge is 2.38. The minimum absolute atomic E-state index is 0.306. The fourth-order valence-corrected chi connectivity index (χ4v) is 3.19. The summed E-state index contributed by atoms with van der Waals surface area (Å²) in [5, 5.41) is 3.70. The molecule has 0 aromatic heterocycles. The van der Waals surface area contributed by atoms with Gasteiger partial charge in [0.15, 0.2) is 0 Å². The van der Waals surface area contributed by atoms with Crippen LogP contribution in [0.4, 0.5) is 0 Å². The molecule has 2 heteroatoms. The van der Waals surface area contributed by atoms with E-state index in [0.717, 1.165) is 25.7 Å². The largest absolute Gasteiger partial charge is 0.380 e. The molecule has 0 aliphatic heterocycles. The van der Waals surface area contributed by atoms with Gasteiger partial charge in [-0.3, -0.25) is 0 Å². The molecule has 0 spiro atoms. The Hall–Kier alpha value is -0.860. The van der Waals surface area contributed by atoms with E-state index in [1.165, 1.54) is 30.4 Å². The molecule has 1 aromatic carbocycles. The van der Waals surface area contributed by atoms with Crippen molar-refractivity contribution in [2.45, 2.75) is 39.2 Å². The van der Waals surface area contributed by atoms with Crippen molar-refractivity contribution in [3.05, 3.63) is 35.4 Å². The third-order valence-electron chi connectivity index (χ3n) is 4.44. The second-order valence-corrected chi connectivity index (χ2v) is 6.77. The molecule has 1 atom stereocenters. The number of fused-ring (bicyclic) bond motifs is 1. The standard InChI is InChI=1S/C17H25NO/c1-17(2)11-14-5-3-4-6-15(14)16(17)18-9-10-19-12-13-7-8-13/h3-6,13,16,18H,7-12H2,1-2H3. The summed E-state index contributed by atoms with van der Waals surface area (Å²) in [5.41, 5.74) is 3.29. The van der Waals surface area contributed by atoms with Gasteiger partial charge in [-0.2, -0.15) is 0 Å². The Morgan fingerprint density at radius 2 is 2.05 bits per heavy atom. The zero-order chi connectivity index (χ0) is 13.3. The summed E-state index contributed by atoms with van der Waals surface area (Å²) in [5.74, 6) is 0.864. The van der Waals surface area contributed by atoms with Crippen LogP contribution in [-0.2, 0) is 11.2 Å². The first-order valence-corrected chi connectivity index (χ1v) is 7.56. The molecule has 2 nitrogen and oxygen atoms in total. The van der Waals surface area contributed by atoms with Crippen molar-refractivity contribution in [1.29, 1.82) is 0 Å². The zero-order valence-corrected chi connectivity index (χ0v) is 12.1. The monoisotopic (exact) mass is 259 g/mol. The molecule has 3 rings (SSSR count). The maximum Gasteiger partial charge on any atom is 0.0591 e. The van der Waals surface area contributed by atoms with Crippen LogP contribution in [0.1, 0.15) is 43.9 Å². The number of ether oxygens (including phenoxy) is 1. The van der Waals surface area contributed by atoms with E-state index in [1.807, 2.05) is 0 Å². The highest BCUT2D eigenvalue weighted by atomic mass is 16.5. The first-order valence-electron chi connectivity index (χ1n) is 7.56. The van der Waals surface area contributed by atoms with Crippen molar-refractivity contribution in [2.75, 3.05) is 19.8 Å². The van der Waals surface area contributed by atoms with Crippen LogP contribution < -0.4 is 5.32 Å². The van der Waals surface area contributed by atoms with Crippen LogP contribution in [0, 0.1) is 11.3 Å². The average Bonchev–Trinajstić information content (AvgIpc) is 3.14. The topological polar surface area (TPSA) is 21.3 Å². The number of rotatable bonds is 6. The molecule has 1 N–H and O–H groups in total. The molecular weight excluding hydrogens is 234 g/mol. The summed E-state index contributed by atoms with van der Waals surface area (Å²) in [4.78, 5) is 0. The summed E-state index contributed by atoms with van der Waals surface area (Å²) < 4.78 is 5.71. The highest BCUT2D eigenvalue weighted by molar-refractivity contribution is 5.37. The molecular formula is C17H25NO. The molecule has 104 valence electrons. The minimum Gasteiger partial charge on any atom is -0.380 e. The summed E-state index contributed by atoms with van der Waals surface area (Å²) in [6, 6.07) is 9.30. The van der Waals surface area contributed by atoms with Gasteiger partial charge in [0.05, 0.1) is 6.61 Å². The van der Waals surface area contributed by atoms with Crippen molar-refractivity contribution in [2.24, 2.45) is 11.3 Å². The highest BCUT2D eigenvalue weighted by Crippen LogP contribution is 2.44. The van der Waals surface area contributed by atoms with E-state index in [0.29, 0.717) is 11.5 Å². The lowest BCUT2D eigenvalue weighted by atomic mass is 9.85. The molecule has 1 aromatic rings. The lowest BCUT2D eigenvalue weighted by Crippen LogP contribution is -2.33. The van der Waals surface area contributed by atoms with Crippen molar-refractivity contribution < 1.29 is 4.74 Å². The van der Waals surface area contributed by atoms with E-state index in [9.17, 15) is 0 Å². The zero-order valence-electron chi connectivity index (χ0n) is 12.1. The van der Waals surface area contributed by atoms with Gasteiger partial charge in [0.25, 0.3) is 0 Å². The van der Waals surface area contributed by atoms with Crippen LogP contribution in [0.5, 0.6) is 0 Å². The molecule has 0 amide bonds. The van der Waals surface area contributed by atoms with E-state index in [-0.39, 0.29) is 0 Å². The maximum absolute atomic E-state index is 5.71. The Morgan fingerprint density at radius 3 is 2.84 bits per heavy atom. The third kappa shape index (κ3) is 3.01. The maximum atomic E-state index is 5.71. The van der Waals surface area contributed by atoms with Gasteiger partial charge in [0.2, 0.25) is 0 Å². The van der Waals surface area contributed by atoms with Gasteiger partial charge in [-0.1, -0.05) is 38.1 Å². The number of hydrogen-bond donors (Lipinski definition) is 1. The molecule has 19 heavy (non-hydrogen) atoms. The van der Waals surface area contributed by atoms with Crippen LogP contribution in [0.3, 0.4) is 0 Å². The number of benzene rings is 1. The molecule has 0 radical (unpaired) electrons. The molecule has 2 aliphatic carbocycles. The summed E-state index contributed by atoms with van der Waals surface area (Å²) in [7, 11) is 0. The van der Waals surface area contributed by atoms with Gasteiger partial charge in [0, 0.05) is 19.2 Å². The molecule has 1 saturated carbocycles. The van der Waals surface area contributed by atoms with Gasteiger partial charge in [-0.25, -0.2) is 0 Å². The van der Waals surface area contributed by atoms with Crippen LogP contribution in [-0.4, -0.2) is 19.8 Å². The second-order valence-electron chi connectivity index (χ2n) is 6.77. The third-order valence-corrected chi connectivity index (χ3v) is 4.44. The average molecular weight is 259 g/mol. The lowest BCUT2D eigenvalue weighted by Gasteiger charge is -2.28. The smallest absolute Gasteiger partial charge is 0.0591 e. The van der Waals surface area contributed by atoms with Crippen LogP contribution in [0.2, 0.25) is 0 Å². The van der Waals surface area contributed by atoms with E-state index in [2.05, 4.69) is 43.4 Å². The van der Waals surface area contributed by atoms with Crippen LogP contribution >= 0.6 is 0 Å². The lowest BCUT2D eigenvalue weighted by molar-refractivity contribution is 0.119. The van der Waals surface area contributed by atoms with Gasteiger partial charge in [-0.15, -0.1) is 0 Å². The molecule has 2 aliphatic rings. The predicted molar refractivity (Wildman–Crippen MR) is 78.2 cm³/mol. The van der Waals surface area contributed by atoms with Gasteiger partial charge in [-0.05, 0) is 41.7 Å². The Kier molecular flexibility index (Phi) is 3.64. The van der Waals surface area contributed by atoms with Crippen molar-refractivity contribution in [3.8, 4) is 0 Å². The van der Waals surface area contributed by atoms with Gasteiger partial charge < -0.3 is 10.1 Å². The van der Waals surface area contributed by atoms with E-state index in [1.54, 1.807) is 0 Å². The first kappa shape index (κ1) is 13.1. The van der Waals surface area contributed by atoms with Gasteiger partial charge in [0.1, 0.15) is 0 Å².